The highest BCUT2D eigenvalue weighted by atomic mass is 35.5. The van der Waals surface area contributed by atoms with Crippen molar-refractivity contribution in [2.75, 3.05) is 52.9 Å². The van der Waals surface area contributed by atoms with Crippen molar-refractivity contribution in [2.24, 2.45) is 0 Å². The third-order valence-corrected chi connectivity index (χ3v) is 4.67. The molecule has 0 unspecified atom stereocenters. The fourth-order valence-corrected chi connectivity index (χ4v) is 3.03. The Morgan fingerprint density at radius 2 is 1.85 bits per heavy atom. The number of hydrogen-bond donors (Lipinski definition) is 2. The third kappa shape index (κ3) is 8.61. The highest BCUT2D eigenvalue weighted by molar-refractivity contribution is 7.87. The Morgan fingerprint density at radius 3 is 2.40 bits per heavy atom. The van der Waals surface area contributed by atoms with Crippen molar-refractivity contribution in [3.8, 4) is 0 Å². The predicted molar refractivity (Wildman–Crippen MR) is 88.3 cm³/mol. The van der Waals surface area contributed by atoms with Crippen LogP contribution in [0.2, 0.25) is 0 Å². The Kier molecular flexibility index (Phi) is 13.6. The van der Waals surface area contributed by atoms with Gasteiger partial charge in [-0.05, 0) is 19.4 Å². The predicted octanol–water partition coefficient (Wildman–Crippen LogP) is 0.301. The lowest BCUT2D eigenvalue weighted by Crippen LogP contribution is -2.44. The summed E-state index contributed by atoms with van der Waals surface area (Å²) in [5, 5.41) is 3.30. The topological polar surface area (TPSA) is 64.7 Å². The van der Waals surface area contributed by atoms with E-state index in [0.717, 1.165) is 45.6 Å². The fraction of sp³-hybridized carbons (Fsp3) is 1.00. The molecule has 0 spiro atoms. The Bertz CT molecular complexity index is 324. The molecule has 1 fully saturated rings. The van der Waals surface area contributed by atoms with Crippen molar-refractivity contribution < 1.29 is 8.42 Å². The second-order valence-electron chi connectivity index (χ2n) is 4.67. The quantitative estimate of drug-likeness (QED) is 0.618. The number of halogens is 2. The van der Waals surface area contributed by atoms with Crippen LogP contribution in [0.3, 0.4) is 0 Å². The molecule has 0 saturated carbocycles. The lowest BCUT2D eigenvalue weighted by atomic mass is 10.3. The maximum Gasteiger partial charge on any atom is 0.279 e. The summed E-state index contributed by atoms with van der Waals surface area (Å²) in [5.41, 5.74) is 0. The molecule has 1 rings (SSSR count). The number of nitrogens with one attached hydrogen (secondary N) is 2. The monoisotopic (exact) mass is 350 g/mol. The summed E-state index contributed by atoms with van der Waals surface area (Å²) in [6.07, 6.45) is 1.69. The van der Waals surface area contributed by atoms with Crippen LogP contribution in [0.4, 0.5) is 0 Å². The third-order valence-electron chi connectivity index (χ3n) is 3.09. The van der Waals surface area contributed by atoms with E-state index in [1.54, 1.807) is 7.05 Å². The van der Waals surface area contributed by atoms with Gasteiger partial charge in [0.1, 0.15) is 0 Å². The molecule has 0 aliphatic carbocycles. The molecule has 9 heteroatoms. The second-order valence-corrected chi connectivity index (χ2v) is 6.53. The standard InChI is InChI=1S/C11H26N4O2S.2ClH/c1-3-8-14(2)18(16,17)13-5-4-9-15-10-6-12-7-11-15;;/h12-13H,3-11H2,1-2H3;2*1H. The van der Waals surface area contributed by atoms with Crippen molar-refractivity contribution in [2.45, 2.75) is 19.8 Å². The molecule has 1 saturated heterocycles. The highest BCUT2D eigenvalue weighted by Crippen LogP contribution is 1.97. The average Bonchev–Trinajstić information content (AvgIpc) is 2.36. The van der Waals surface area contributed by atoms with Gasteiger partial charge in [-0.3, -0.25) is 0 Å². The van der Waals surface area contributed by atoms with Crippen LogP contribution in [0.15, 0.2) is 0 Å². The molecule has 6 nitrogen and oxygen atoms in total. The zero-order valence-electron chi connectivity index (χ0n) is 12.3. The number of nitrogens with zero attached hydrogens (tertiary/aromatic N) is 2. The van der Waals surface area contributed by atoms with Crippen molar-refractivity contribution in [1.29, 1.82) is 0 Å². The van der Waals surface area contributed by atoms with E-state index in [1.807, 2.05) is 6.92 Å². The smallest absolute Gasteiger partial charge is 0.279 e. The van der Waals surface area contributed by atoms with E-state index >= 15 is 0 Å². The lowest BCUT2D eigenvalue weighted by molar-refractivity contribution is 0.239. The van der Waals surface area contributed by atoms with Gasteiger partial charge in [0.05, 0.1) is 0 Å². The van der Waals surface area contributed by atoms with Crippen LogP contribution in [0.25, 0.3) is 0 Å². The van der Waals surface area contributed by atoms with Gasteiger partial charge < -0.3 is 10.2 Å². The van der Waals surface area contributed by atoms with E-state index in [4.69, 9.17) is 0 Å². The zero-order valence-corrected chi connectivity index (χ0v) is 14.7. The first kappa shape index (κ1) is 22.6. The summed E-state index contributed by atoms with van der Waals surface area (Å²) in [6, 6.07) is 0. The van der Waals surface area contributed by atoms with Crippen LogP contribution in [-0.2, 0) is 10.2 Å². The van der Waals surface area contributed by atoms with Crippen molar-refractivity contribution in [3.63, 3.8) is 0 Å². The Hall–Kier alpha value is 0.370. The summed E-state index contributed by atoms with van der Waals surface area (Å²) in [4.78, 5) is 2.36. The molecule has 0 aromatic rings. The van der Waals surface area contributed by atoms with Gasteiger partial charge in [0, 0.05) is 46.3 Å². The van der Waals surface area contributed by atoms with Crippen LogP contribution in [0.5, 0.6) is 0 Å². The van der Waals surface area contributed by atoms with Crippen LogP contribution in [0.1, 0.15) is 19.8 Å². The molecule has 20 heavy (non-hydrogen) atoms. The van der Waals surface area contributed by atoms with Crippen LogP contribution in [0, 0.1) is 0 Å². The van der Waals surface area contributed by atoms with E-state index in [9.17, 15) is 8.42 Å². The van der Waals surface area contributed by atoms with Gasteiger partial charge in [0.25, 0.3) is 10.2 Å². The van der Waals surface area contributed by atoms with Crippen LogP contribution < -0.4 is 10.0 Å². The molecule has 0 amide bonds. The molecule has 1 aliphatic heterocycles. The molecule has 0 radical (unpaired) electrons. The largest absolute Gasteiger partial charge is 0.314 e. The molecule has 124 valence electrons. The van der Waals surface area contributed by atoms with Crippen LogP contribution in [-0.4, -0.2) is 70.5 Å². The molecule has 0 atom stereocenters. The first-order chi connectivity index (χ1) is 8.56. The van der Waals surface area contributed by atoms with E-state index in [0.29, 0.717) is 13.1 Å². The maximum atomic E-state index is 11.8. The van der Waals surface area contributed by atoms with Gasteiger partial charge in [-0.25, -0.2) is 4.72 Å². The summed E-state index contributed by atoms with van der Waals surface area (Å²) in [6.45, 7) is 8.19. The summed E-state index contributed by atoms with van der Waals surface area (Å²) >= 11 is 0. The first-order valence-electron chi connectivity index (χ1n) is 6.70. The molecule has 1 aliphatic rings. The molecular weight excluding hydrogens is 323 g/mol. The Balaban J connectivity index is 0. The van der Waals surface area contributed by atoms with E-state index in [2.05, 4.69) is 14.9 Å². The molecule has 1 heterocycles. The summed E-state index contributed by atoms with van der Waals surface area (Å²) in [5.74, 6) is 0. The minimum Gasteiger partial charge on any atom is -0.314 e. The SMILES string of the molecule is CCCN(C)S(=O)(=O)NCCCN1CCNCC1.Cl.Cl. The number of piperazine rings is 1. The highest BCUT2D eigenvalue weighted by Gasteiger charge is 2.15. The Labute approximate surface area is 135 Å². The molecule has 0 aromatic heterocycles. The summed E-state index contributed by atoms with van der Waals surface area (Å²) < 4.78 is 27.5. The first-order valence-corrected chi connectivity index (χ1v) is 8.14. The van der Waals surface area contributed by atoms with Gasteiger partial charge in [0.2, 0.25) is 0 Å². The van der Waals surface area contributed by atoms with Crippen molar-refractivity contribution >= 4 is 35.0 Å². The van der Waals surface area contributed by atoms with Gasteiger partial charge in [-0.1, -0.05) is 6.92 Å². The normalized spacial score (nSPS) is 16.6. The minimum atomic E-state index is -3.27. The molecular formula is C11H28Cl2N4O2S. The van der Waals surface area contributed by atoms with Crippen LogP contribution >= 0.6 is 24.8 Å². The average molecular weight is 351 g/mol. The molecule has 0 bridgehead atoms. The lowest BCUT2D eigenvalue weighted by Gasteiger charge is -2.27. The fourth-order valence-electron chi connectivity index (χ4n) is 1.98. The zero-order chi connectivity index (χ0) is 13.4. The maximum absolute atomic E-state index is 11.8. The Morgan fingerprint density at radius 1 is 1.25 bits per heavy atom. The van der Waals surface area contributed by atoms with Crippen molar-refractivity contribution in [3.05, 3.63) is 0 Å². The molecule has 0 aromatic carbocycles. The van der Waals surface area contributed by atoms with Gasteiger partial charge >= 0.3 is 0 Å². The van der Waals surface area contributed by atoms with Crippen molar-refractivity contribution in [1.82, 2.24) is 19.2 Å². The van der Waals surface area contributed by atoms with E-state index in [-0.39, 0.29) is 24.8 Å². The summed E-state index contributed by atoms with van der Waals surface area (Å²) in [7, 11) is -1.66. The van der Waals surface area contributed by atoms with E-state index < -0.39 is 10.2 Å². The van der Waals surface area contributed by atoms with Gasteiger partial charge in [0.15, 0.2) is 0 Å². The number of hydrogen-bond acceptors (Lipinski definition) is 4. The number of rotatable bonds is 8. The van der Waals surface area contributed by atoms with E-state index in [1.165, 1.54) is 4.31 Å². The van der Waals surface area contributed by atoms with Gasteiger partial charge in [-0.15, -0.1) is 24.8 Å². The molecule has 2 N–H and O–H groups in total. The second kappa shape index (κ2) is 12.0. The van der Waals surface area contributed by atoms with Gasteiger partial charge in [-0.2, -0.15) is 12.7 Å². The minimum absolute atomic E-state index is 0.